The number of pyridine rings is 1. The second kappa shape index (κ2) is 9.41. The van der Waals surface area contributed by atoms with Crippen molar-refractivity contribution >= 4 is 23.0 Å². The molecule has 1 aliphatic heterocycles. The van der Waals surface area contributed by atoms with Crippen molar-refractivity contribution in [2.24, 2.45) is 0 Å². The van der Waals surface area contributed by atoms with Gasteiger partial charge < -0.3 is 19.5 Å². The minimum Gasteiger partial charge on any atom is -0.490 e. The summed E-state index contributed by atoms with van der Waals surface area (Å²) in [4.78, 5) is 6.93. The summed E-state index contributed by atoms with van der Waals surface area (Å²) in [6, 6.07) is 17.5. The number of hydrogen-bond donors (Lipinski definition) is 1. The highest BCUT2D eigenvalue weighted by Crippen LogP contribution is 2.43. The van der Waals surface area contributed by atoms with E-state index in [0.717, 1.165) is 35.1 Å². The van der Waals surface area contributed by atoms with Gasteiger partial charge in [0.15, 0.2) is 5.11 Å². The number of thiocarbonyl (C=S) groups is 1. The van der Waals surface area contributed by atoms with Gasteiger partial charge in [0.05, 0.1) is 23.9 Å². The number of rotatable bonds is 6. The minimum atomic E-state index is -0.0115. The predicted octanol–water partition coefficient (Wildman–Crippen LogP) is 6.50. The number of hydrogen-bond acceptors (Lipinski definition) is 3. The first-order chi connectivity index (χ1) is 16.8. The van der Waals surface area contributed by atoms with Gasteiger partial charge in [-0.2, -0.15) is 0 Å². The Morgan fingerprint density at radius 2 is 1.68 bits per heavy atom. The number of anilines is 1. The molecule has 1 aromatic carbocycles. The van der Waals surface area contributed by atoms with Gasteiger partial charge in [0.25, 0.3) is 0 Å². The van der Waals surface area contributed by atoms with Crippen molar-refractivity contribution in [3.8, 4) is 5.75 Å². The van der Waals surface area contributed by atoms with Crippen LogP contribution in [0.5, 0.6) is 5.75 Å². The van der Waals surface area contributed by atoms with E-state index < -0.39 is 0 Å². The lowest BCUT2D eigenvalue weighted by Crippen LogP contribution is -2.29. The van der Waals surface area contributed by atoms with Gasteiger partial charge in [0, 0.05) is 30.3 Å². The second-order valence-corrected chi connectivity index (χ2v) is 10.2. The fourth-order valence-corrected chi connectivity index (χ4v) is 6.24. The van der Waals surface area contributed by atoms with E-state index in [9.17, 15) is 0 Å². The molecule has 2 unspecified atom stereocenters. The first kappa shape index (κ1) is 21.7. The Labute approximate surface area is 207 Å². The van der Waals surface area contributed by atoms with E-state index in [1.54, 1.807) is 0 Å². The maximum Gasteiger partial charge on any atom is 0.174 e. The number of nitrogens with one attached hydrogen (secondary N) is 1. The smallest absolute Gasteiger partial charge is 0.174 e. The van der Waals surface area contributed by atoms with Crippen molar-refractivity contribution in [3.63, 3.8) is 0 Å². The number of nitrogens with zero attached hydrogens (tertiary/aromatic N) is 3. The summed E-state index contributed by atoms with van der Waals surface area (Å²) in [6.07, 6.45) is 16.8. The van der Waals surface area contributed by atoms with Crippen LogP contribution >= 0.6 is 12.2 Å². The predicted molar refractivity (Wildman–Crippen MR) is 139 cm³/mol. The Balaban J connectivity index is 1.32. The summed E-state index contributed by atoms with van der Waals surface area (Å²) < 4.78 is 8.61. The number of benzene rings is 1. The maximum absolute atomic E-state index is 6.20. The Bertz CT molecular complexity index is 1120. The molecule has 3 aliphatic rings. The van der Waals surface area contributed by atoms with Crippen LogP contribution in [-0.2, 0) is 0 Å². The molecule has 0 amide bonds. The minimum absolute atomic E-state index is 0.0115. The van der Waals surface area contributed by atoms with E-state index in [0.29, 0.717) is 12.1 Å². The zero-order valence-corrected chi connectivity index (χ0v) is 20.3. The number of aromatic nitrogens is 2. The Kier molecular flexibility index (Phi) is 6.00. The lowest BCUT2D eigenvalue weighted by molar-refractivity contribution is 0.210. The third kappa shape index (κ3) is 4.20. The molecule has 34 heavy (non-hydrogen) atoms. The maximum atomic E-state index is 6.20. The molecule has 0 radical (unpaired) electrons. The van der Waals surface area contributed by atoms with Gasteiger partial charge in [0.2, 0.25) is 0 Å². The molecule has 2 atom stereocenters. The monoisotopic (exact) mass is 472 g/mol. The van der Waals surface area contributed by atoms with Gasteiger partial charge in [0.1, 0.15) is 5.75 Å². The van der Waals surface area contributed by atoms with Crippen LogP contribution in [0.15, 0.2) is 67.1 Å². The highest BCUT2D eigenvalue weighted by molar-refractivity contribution is 7.80. The second-order valence-electron chi connectivity index (χ2n) is 9.85. The fourth-order valence-electron chi connectivity index (χ4n) is 5.89. The van der Waals surface area contributed by atoms with Crippen LogP contribution in [0.3, 0.4) is 0 Å². The van der Waals surface area contributed by atoms with Crippen LogP contribution in [-0.4, -0.2) is 20.8 Å². The topological polar surface area (TPSA) is 42.3 Å². The Morgan fingerprint density at radius 3 is 2.41 bits per heavy atom. The molecule has 6 heteroatoms. The zero-order valence-electron chi connectivity index (χ0n) is 19.5. The van der Waals surface area contributed by atoms with Crippen molar-refractivity contribution in [1.82, 2.24) is 14.9 Å². The summed E-state index contributed by atoms with van der Waals surface area (Å²) in [5.41, 5.74) is 3.35. The number of ether oxygens (including phenoxy) is 1. The quantitative estimate of drug-likeness (QED) is 0.415. The first-order valence-corrected chi connectivity index (χ1v) is 13.1. The van der Waals surface area contributed by atoms with E-state index in [4.69, 9.17) is 17.0 Å². The Hall–Kier alpha value is -2.86. The first-order valence-electron chi connectivity index (χ1n) is 12.7. The lowest BCUT2D eigenvalue weighted by Gasteiger charge is -2.27. The van der Waals surface area contributed by atoms with Crippen LogP contribution in [0.1, 0.15) is 80.7 Å². The van der Waals surface area contributed by atoms with Crippen LogP contribution in [0.2, 0.25) is 0 Å². The van der Waals surface area contributed by atoms with E-state index in [-0.39, 0.29) is 12.1 Å². The summed E-state index contributed by atoms with van der Waals surface area (Å²) in [5, 5.41) is 4.31. The van der Waals surface area contributed by atoms with Gasteiger partial charge >= 0.3 is 0 Å². The average Bonchev–Trinajstić information content (AvgIpc) is 3.66. The molecule has 0 spiro atoms. The van der Waals surface area contributed by atoms with Gasteiger partial charge in [-0.1, -0.05) is 18.9 Å². The molecule has 0 bridgehead atoms. The highest BCUT2D eigenvalue weighted by Gasteiger charge is 2.41. The fraction of sp³-hybridized carbons (Fsp3) is 0.429. The molecule has 176 valence electrons. The molecule has 1 saturated heterocycles. The molecule has 2 aliphatic carbocycles. The molecular weight excluding hydrogens is 440 g/mol. The summed E-state index contributed by atoms with van der Waals surface area (Å²) in [7, 11) is 0. The van der Waals surface area contributed by atoms with E-state index >= 15 is 0 Å². The molecule has 3 aromatic rings. The lowest BCUT2D eigenvalue weighted by atomic mass is 9.98. The molecule has 6 rings (SSSR count). The van der Waals surface area contributed by atoms with Crippen molar-refractivity contribution in [2.45, 2.75) is 75.6 Å². The van der Waals surface area contributed by atoms with Crippen molar-refractivity contribution in [1.29, 1.82) is 0 Å². The average molecular weight is 473 g/mol. The molecule has 5 nitrogen and oxygen atoms in total. The van der Waals surface area contributed by atoms with Crippen molar-refractivity contribution in [2.75, 3.05) is 4.90 Å². The molecule has 1 N–H and O–H groups in total. The highest BCUT2D eigenvalue weighted by atomic mass is 32.1. The third-order valence-corrected chi connectivity index (χ3v) is 7.96. The van der Waals surface area contributed by atoms with Crippen LogP contribution < -0.4 is 15.0 Å². The van der Waals surface area contributed by atoms with Crippen LogP contribution in [0.4, 0.5) is 5.69 Å². The standard InChI is InChI=1S/C28H32N4OS/c34-28-30-26(25-11-5-6-17-29-25)27(20-16-18-31(19-20)21-7-1-2-8-21)32(28)22-12-14-24(15-13-22)33-23-9-3-4-10-23/h5-6,11-19,21,23,26-27H,1-4,7-10H2,(H,30,34). The van der Waals surface area contributed by atoms with Crippen molar-refractivity contribution < 1.29 is 4.74 Å². The van der Waals surface area contributed by atoms with Gasteiger partial charge in [-0.15, -0.1) is 0 Å². The zero-order chi connectivity index (χ0) is 22.9. The molecule has 3 fully saturated rings. The van der Waals surface area contributed by atoms with Crippen LogP contribution in [0.25, 0.3) is 0 Å². The van der Waals surface area contributed by atoms with Gasteiger partial charge in [-0.3, -0.25) is 4.98 Å². The summed E-state index contributed by atoms with van der Waals surface area (Å²) >= 11 is 5.89. The van der Waals surface area contributed by atoms with Gasteiger partial charge in [-0.05, 0) is 98.8 Å². The van der Waals surface area contributed by atoms with E-state index in [1.165, 1.54) is 44.1 Å². The normalized spacial score (nSPS) is 23.5. The summed E-state index contributed by atoms with van der Waals surface area (Å²) in [6.45, 7) is 0. The van der Waals surface area contributed by atoms with E-state index in [1.807, 2.05) is 18.3 Å². The summed E-state index contributed by atoms with van der Waals surface area (Å²) in [5.74, 6) is 0.943. The van der Waals surface area contributed by atoms with Crippen LogP contribution in [0, 0.1) is 0 Å². The Morgan fingerprint density at radius 1 is 0.912 bits per heavy atom. The molecule has 2 aromatic heterocycles. The van der Waals surface area contributed by atoms with E-state index in [2.05, 4.69) is 68.6 Å². The third-order valence-electron chi connectivity index (χ3n) is 7.64. The van der Waals surface area contributed by atoms with Gasteiger partial charge in [-0.25, -0.2) is 0 Å². The SMILES string of the molecule is S=C1NC(c2ccccn2)C(c2ccn(C3CCCC3)c2)N1c1ccc(OC2CCCC2)cc1. The van der Waals surface area contributed by atoms with Crippen molar-refractivity contribution in [3.05, 3.63) is 78.4 Å². The molecule has 2 saturated carbocycles. The molecular formula is C28H32N4OS. The largest absolute Gasteiger partial charge is 0.490 e. The molecule has 3 heterocycles.